The molecule has 0 aliphatic heterocycles. The zero-order valence-corrected chi connectivity index (χ0v) is 10.00. The smallest absolute Gasteiger partial charge is 0.0136 e. The summed E-state index contributed by atoms with van der Waals surface area (Å²) < 4.78 is 0. The second kappa shape index (κ2) is 3.21. The summed E-state index contributed by atoms with van der Waals surface area (Å²) in [6.45, 7) is 6.40. The fraction of sp³-hybridized carbons (Fsp3) is 1.00. The zero-order chi connectivity index (χ0) is 10.6. The number of hydrogen-bond acceptors (Lipinski definition) is 2. The van der Waals surface area contributed by atoms with Crippen LogP contribution in [0.2, 0.25) is 0 Å². The Morgan fingerprint density at radius 1 is 1.20 bits per heavy atom. The summed E-state index contributed by atoms with van der Waals surface area (Å²) in [6.07, 6.45) is 4.59. The van der Waals surface area contributed by atoms with Crippen molar-refractivity contribution in [3.63, 3.8) is 0 Å². The molecule has 0 aromatic rings. The maximum atomic E-state index is 5.76. The molecule has 0 saturated heterocycles. The fourth-order valence-electron chi connectivity index (χ4n) is 4.06. The average Bonchev–Trinajstić information content (AvgIpc) is 2.62. The van der Waals surface area contributed by atoms with E-state index in [-0.39, 0.29) is 5.41 Å². The molecule has 0 amide bonds. The molecule has 3 rings (SSSR count). The Labute approximate surface area is 93.0 Å². The molecule has 0 spiro atoms. The van der Waals surface area contributed by atoms with Gasteiger partial charge in [0.1, 0.15) is 0 Å². The van der Waals surface area contributed by atoms with Crippen LogP contribution in [0.3, 0.4) is 0 Å². The van der Waals surface area contributed by atoms with Gasteiger partial charge in [-0.05, 0) is 54.9 Å². The lowest BCUT2D eigenvalue weighted by Crippen LogP contribution is -2.38. The third-order valence-electron chi connectivity index (χ3n) is 5.10. The van der Waals surface area contributed by atoms with Gasteiger partial charge in [-0.15, -0.1) is 0 Å². The highest BCUT2D eigenvalue weighted by molar-refractivity contribution is 5.16. The van der Waals surface area contributed by atoms with Gasteiger partial charge in [-0.25, -0.2) is 0 Å². The van der Waals surface area contributed by atoms with Gasteiger partial charge < -0.3 is 11.1 Å². The molecule has 3 fully saturated rings. The van der Waals surface area contributed by atoms with Crippen molar-refractivity contribution in [1.82, 2.24) is 5.32 Å². The van der Waals surface area contributed by atoms with E-state index in [1.807, 2.05) is 0 Å². The van der Waals surface area contributed by atoms with Crippen molar-refractivity contribution in [2.45, 2.75) is 39.2 Å². The van der Waals surface area contributed by atoms with Gasteiger partial charge in [0.15, 0.2) is 0 Å². The fourth-order valence-corrected chi connectivity index (χ4v) is 4.06. The Bertz CT molecular complexity index is 245. The average molecular weight is 208 g/mol. The van der Waals surface area contributed by atoms with Crippen molar-refractivity contribution in [2.24, 2.45) is 34.8 Å². The van der Waals surface area contributed by atoms with E-state index < -0.39 is 0 Å². The summed E-state index contributed by atoms with van der Waals surface area (Å²) in [7, 11) is 0. The van der Waals surface area contributed by atoms with Crippen LogP contribution in [0.25, 0.3) is 0 Å². The summed E-state index contributed by atoms with van der Waals surface area (Å²) in [6, 6.07) is 0.863. The molecule has 2 nitrogen and oxygen atoms in total. The lowest BCUT2D eigenvalue weighted by Gasteiger charge is -2.23. The number of nitrogens with one attached hydrogen (secondary N) is 1. The first-order valence-electron chi connectivity index (χ1n) is 6.56. The highest BCUT2D eigenvalue weighted by Gasteiger charge is 2.64. The normalized spacial score (nSPS) is 47.0. The molecule has 3 N–H and O–H groups in total. The van der Waals surface area contributed by atoms with Crippen LogP contribution in [-0.2, 0) is 0 Å². The Hall–Kier alpha value is -0.0800. The molecule has 0 aromatic heterocycles. The van der Waals surface area contributed by atoms with Crippen molar-refractivity contribution in [2.75, 3.05) is 13.1 Å². The van der Waals surface area contributed by atoms with E-state index >= 15 is 0 Å². The Balaban J connectivity index is 1.52. The molecule has 2 bridgehead atoms. The lowest BCUT2D eigenvalue weighted by atomic mass is 9.93. The number of rotatable bonds is 4. The van der Waals surface area contributed by atoms with E-state index in [0.29, 0.717) is 0 Å². The third-order valence-corrected chi connectivity index (χ3v) is 5.10. The van der Waals surface area contributed by atoms with Crippen molar-refractivity contribution in [3.8, 4) is 0 Å². The van der Waals surface area contributed by atoms with Crippen LogP contribution in [-0.4, -0.2) is 19.1 Å². The summed E-state index contributed by atoms with van der Waals surface area (Å²) in [5.74, 6) is 4.27. The summed E-state index contributed by atoms with van der Waals surface area (Å²) in [5.41, 5.74) is 6.03. The van der Waals surface area contributed by atoms with Crippen LogP contribution in [0.4, 0.5) is 0 Å². The van der Waals surface area contributed by atoms with Gasteiger partial charge in [-0.2, -0.15) is 0 Å². The Morgan fingerprint density at radius 3 is 2.33 bits per heavy atom. The predicted molar refractivity (Wildman–Crippen MR) is 62.4 cm³/mol. The summed E-state index contributed by atoms with van der Waals surface area (Å²) in [4.78, 5) is 0. The quantitative estimate of drug-likeness (QED) is 0.736. The molecular formula is C13H24N2. The van der Waals surface area contributed by atoms with Crippen LogP contribution in [0.15, 0.2) is 0 Å². The van der Waals surface area contributed by atoms with Gasteiger partial charge in [-0.1, -0.05) is 13.8 Å². The third kappa shape index (κ3) is 1.53. The Kier molecular flexibility index (Phi) is 2.16. The number of hydrogen-bond donors (Lipinski definition) is 2. The first-order chi connectivity index (χ1) is 7.12. The lowest BCUT2D eigenvalue weighted by molar-refractivity contribution is 0.332. The summed E-state index contributed by atoms with van der Waals surface area (Å²) >= 11 is 0. The maximum absolute atomic E-state index is 5.76. The van der Waals surface area contributed by atoms with E-state index in [0.717, 1.165) is 42.8 Å². The van der Waals surface area contributed by atoms with Gasteiger partial charge >= 0.3 is 0 Å². The second-order valence-electron chi connectivity index (χ2n) is 6.76. The second-order valence-corrected chi connectivity index (χ2v) is 6.76. The monoisotopic (exact) mass is 208 g/mol. The maximum Gasteiger partial charge on any atom is 0.0136 e. The van der Waals surface area contributed by atoms with E-state index in [2.05, 4.69) is 19.2 Å². The van der Waals surface area contributed by atoms with E-state index in [1.54, 1.807) is 6.42 Å². The largest absolute Gasteiger partial charge is 0.330 e. The Morgan fingerprint density at radius 2 is 1.80 bits per heavy atom. The summed E-state index contributed by atoms with van der Waals surface area (Å²) in [5, 5.41) is 3.77. The SMILES string of the molecule is CC(C)(CN)CNC1C2C3CCC(C3)C12. The van der Waals surface area contributed by atoms with Crippen molar-refractivity contribution < 1.29 is 0 Å². The minimum atomic E-state index is 0.274. The van der Waals surface area contributed by atoms with E-state index in [1.165, 1.54) is 12.8 Å². The first kappa shape index (κ1) is 10.1. The molecule has 4 unspecified atom stereocenters. The number of fused-ring (bicyclic) bond motifs is 5. The predicted octanol–water partition coefficient (Wildman–Crippen LogP) is 1.61. The number of nitrogens with two attached hydrogens (primary N) is 1. The van der Waals surface area contributed by atoms with Crippen LogP contribution in [0.5, 0.6) is 0 Å². The first-order valence-corrected chi connectivity index (χ1v) is 6.56. The van der Waals surface area contributed by atoms with Gasteiger partial charge in [-0.3, -0.25) is 0 Å². The molecule has 3 aliphatic rings. The molecule has 0 radical (unpaired) electrons. The highest BCUT2D eigenvalue weighted by Crippen LogP contribution is 2.65. The standard InChI is InChI=1S/C13H24N2/c1-13(2,6-14)7-15-12-10-8-3-4-9(5-8)11(10)12/h8-12,15H,3-7,14H2,1-2H3. The zero-order valence-electron chi connectivity index (χ0n) is 10.00. The molecule has 0 heterocycles. The molecule has 2 heteroatoms. The molecular weight excluding hydrogens is 184 g/mol. The molecule has 3 aliphatic carbocycles. The van der Waals surface area contributed by atoms with E-state index in [9.17, 15) is 0 Å². The topological polar surface area (TPSA) is 38.0 Å². The van der Waals surface area contributed by atoms with Crippen LogP contribution in [0.1, 0.15) is 33.1 Å². The van der Waals surface area contributed by atoms with Gasteiger partial charge in [0.2, 0.25) is 0 Å². The van der Waals surface area contributed by atoms with Crippen molar-refractivity contribution in [3.05, 3.63) is 0 Å². The van der Waals surface area contributed by atoms with Crippen molar-refractivity contribution in [1.29, 1.82) is 0 Å². The van der Waals surface area contributed by atoms with Gasteiger partial charge in [0.05, 0.1) is 0 Å². The van der Waals surface area contributed by atoms with E-state index in [4.69, 9.17) is 5.73 Å². The molecule has 0 aromatic carbocycles. The molecule has 86 valence electrons. The molecule has 3 saturated carbocycles. The highest BCUT2D eigenvalue weighted by atomic mass is 15.0. The minimum Gasteiger partial charge on any atom is -0.330 e. The van der Waals surface area contributed by atoms with Crippen molar-refractivity contribution >= 4 is 0 Å². The van der Waals surface area contributed by atoms with Gasteiger partial charge in [0, 0.05) is 12.6 Å². The van der Waals surface area contributed by atoms with Crippen LogP contribution >= 0.6 is 0 Å². The van der Waals surface area contributed by atoms with Crippen LogP contribution in [0, 0.1) is 29.1 Å². The van der Waals surface area contributed by atoms with Gasteiger partial charge in [0.25, 0.3) is 0 Å². The molecule has 4 atom stereocenters. The molecule has 15 heavy (non-hydrogen) atoms. The van der Waals surface area contributed by atoms with Crippen LogP contribution < -0.4 is 11.1 Å². The minimum absolute atomic E-state index is 0.274.